The van der Waals surface area contributed by atoms with Crippen molar-refractivity contribution >= 4 is 21.5 Å². The highest BCUT2D eigenvalue weighted by atomic mass is 32.2. The molecule has 0 spiro atoms. The fraction of sp³-hybridized carbons (Fsp3) is 0.364. The third kappa shape index (κ3) is 2.93. The molecule has 0 heterocycles. The second kappa shape index (κ2) is 5.16. The molecule has 0 atom stereocenters. The van der Waals surface area contributed by atoms with Crippen LogP contribution in [0.25, 0.3) is 0 Å². The van der Waals surface area contributed by atoms with Crippen molar-refractivity contribution < 1.29 is 27.6 Å². The van der Waals surface area contributed by atoms with Crippen LogP contribution in [0.2, 0.25) is 0 Å². The van der Waals surface area contributed by atoms with Crippen LogP contribution in [0, 0.1) is 15.9 Å². The molecule has 0 saturated carbocycles. The van der Waals surface area contributed by atoms with E-state index in [0.717, 1.165) is 26.0 Å². The van der Waals surface area contributed by atoms with E-state index >= 15 is 0 Å². The first kappa shape index (κ1) is 16.0. The van der Waals surface area contributed by atoms with Gasteiger partial charge in [0.2, 0.25) is 0 Å². The summed E-state index contributed by atoms with van der Waals surface area (Å²) in [6.07, 6.45) is 0. The molecule has 0 saturated heterocycles. The summed E-state index contributed by atoms with van der Waals surface area (Å²) in [4.78, 5) is 20.9. The Morgan fingerprint density at radius 1 is 1.45 bits per heavy atom. The van der Waals surface area contributed by atoms with Crippen molar-refractivity contribution in [3.63, 3.8) is 0 Å². The average molecular weight is 305 g/mol. The predicted molar refractivity (Wildman–Crippen MR) is 67.4 cm³/mol. The number of benzene rings is 1. The molecule has 0 aliphatic heterocycles. The van der Waals surface area contributed by atoms with Crippen LogP contribution < -0.4 is 0 Å². The number of carboxylic acids is 1. The number of sulfone groups is 1. The van der Waals surface area contributed by atoms with E-state index in [-0.39, 0.29) is 5.56 Å². The zero-order valence-electron chi connectivity index (χ0n) is 10.7. The van der Waals surface area contributed by atoms with Gasteiger partial charge in [-0.3, -0.25) is 14.9 Å². The van der Waals surface area contributed by atoms with Gasteiger partial charge in [-0.25, -0.2) is 12.8 Å². The van der Waals surface area contributed by atoms with E-state index < -0.39 is 42.7 Å². The summed E-state index contributed by atoms with van der Waals surface area (Å²) in [5.74, 6) is -3.36. The summed E-state index contributed by atoms with van der Waals surface area (Å²) in [7, 11) is -4.26. The molecule has 110 valence electrons. The van der Waals surface area contributed by atoms with Gasteiger partial charge in [0.25, 0.3) is 5.69 Å². The summed E-state index contributed by atoms with van der Waals surface area (Å²) in [5.41, 5.74) is -0.958. The molecule has 1 aromatic carbocycles. The van der Waals surface area contributed by atoms with Crippen molar-refractivity contribution in [1.82, 2.24) is 0 Å². The van der Waals surface area contributed by atoms with Crippen molar-refractivity contribution in [2.75, 3.05) is 0 Å². The molecule has 0 aliphatic carbocycles. The first-order chi connectivity index (χ1) is 8.99. The number of nitrogens with zero attached hydrogens (tertiary/aromatic N) is 1. The summed E-state index contributed by atoms with van der Waals surface area (Å²) in [5, 5.41) is 19.7. The Balaban J connectivity index is 3.33. The summed E-state index contributed by atoms with van der Waals surface area (Å²) in [6, 6.07) is 2.39. The van der Waals surface area contributed by atoms with E-state index in [1.807, 2.05) is 0 Å². The molecule has 0 aliphatic rings. The summed E-state index contributed by atoms with van der Waals surface area (Å²) < 4.78 is 35.0. The number of hydrogen-bond donors (Lipinski definition) is 1. The summed E-state index contributed by atoms with van der Waals surface area (Å²) >= 11 is 0. The largest absolute Gasteiger partial charge is 0.480 e. The second-order valence-electron chi connectivity index (χ2n) is 4.60. The average Bonchev–Trinajstić information content (AvgIpc) is 2.27. The zero-order chi connectivity index (χ0) is 15.7. The minimum Gasteiger partial charge on any atom is -0.480 e. The number of aliphatic carboxylic acids is 1. The highest BCUT2D eigenvalue weighted by Crippen LogP contribution is 2.27. The van der Waals surface area contributed by atoms with E-state index in [1.165, 1.54) is 0 Å². The molecule has 1 N–H and O–H groups in total. The Kier molecular flexibility index (Phi) is 4.13. The van der Waals surface area contributed by atoms with Crippen LogP contribution in [0.5, 0.6) is 0 Å². The van der Waals surface area contributed by atoms with Crippen LogP contribution in [0.1, 0.15) is 19.4 Å². The van der Waals surface area contributed by atoms with Crippen molar-refractivity contribution in [3.8, 4) is 0 Å². The lowest BCUT2D eigenvalue weighted by atomic mass is 10.2. The number of nitro benzene ring substituents is 1. The Hall–Kier alpha value is -2.03. The highest BCUT2D eigenvalue weighted by Gasteiger charge is 2.42. The number of hydrogen-bond acceptors (Lipinski definition) is 5. The Bertz CT molecular complexity index is 667. The van der Waals surface area contributed by atoms with E-state index in [0.29, 0.717) is 6.07 Å². The van der Waals surface area contributed by atoms with Gasteiger partial charge >= 0.3 is 5.97 Å². The van der Waals surface area contributed by atoms with Crippen LogP contribution in [0.4, 0.5) is 10.1 Å². The zero-order valence-corrected chi connectivity index (χ0v) is 11.5. The molecular formula is C11H12FNO6S. The van der Waals surface area contributed by atoms with Crippen LogP contribution in [-0.4, -0.2) is 29.2 Å². The predicted octanol–water partition coefficient (Wildman–Crippen LogP) is 1.51. The molecule has 7 nitrogen and oxygen atoms in total. The minimum absolute atomic E-state index is 0.385. The van der Waals surface area contributed by atoms with Gasteiger partial charge in [0.1, 0.15) is 5.82 Å². The maximum atomic E-state index is 13.1. The standard InChI is InChI=1S/C11H12FNO6S/c1-11(2,10(14)15)20(18,19)6-7-5-8(12)3-4-9(7)13(16)17/h3-5H,6H2,1-2H3,(H,14,15). The summed E-state index contributed by atoms with van der Waals surface area (Å²) in [6.45, 7) is 1.94. The minimum atomic E-state index is -4.26. The lowest BCUT2D eigenvalue weighted by molar-refractivity contribution is -0.385. The number of carbonyl (C=O) groups is 1. The monoisotopic (exact) mass is 305 g/mol. The Morgan fingerprint density at radius 3 is 2.45 bits per heavy atom. The normalized spacial score (nSPS) is 12.2. The maximum absolute atomic E-state index is 13.1. The molecule has 9 heteroatoms. The van der Waals surface area contributed by atoms with Gasteiger partial charge in [-0.2, -0.15) is 0 Å². The molecule has 0 fully saturated rings. The molecule has 0 amide bonds. The van der Waals surface area contributed by atoms with E-state index in [4.69, 9.17) is 5.11 Å². The van der Waals surface area contributed by atoms with Crippen LogP contribution >= 0.6 is 0 Å². The molecule has 0 aromatic heterocycles. The van der Waals surface area contributed by atoms with Crippen molar-refractivity contribution in [2.24, 2.45) is 0 Å². The Labute approximate surface area is 114 Å². The first-order valence-corrected chi connectivity index (χ1v) is 7.03. The number of carboxylic acid groups (broad SMARTS) is 1. The smallest absolute Gasteiger partial charge is 0.324 e. The SMILES string of the molecule is CC(C)(C(=O)O)S(=O)(=O)Cc1cc(F)ccc1[N+](=O)[O-]. The van der Waals surface area contributed by atoms with Gasteiger partial charge in [0.05, 0.1) is 10.7 Å². The fourth-order valence-electron chi connectivity index (χ4n) is 1.37. The van der Waals surface area contributed by atoms with Crippen LogP contribution in [-0.2, 0) is 20.4 Å². The third-order valence-corrected chi connectivity index (χ3v) is 5.30. The van der Waals surface area contributed by atoms with Crippen molar-refractivity contribution in [1.29, 1.82) is 0 Å². The molecule has 0 bridgehead atoms. The molecular weight excluding hydrogens is 293 g/mol. The van der Waals surface area contributed by atoms with Crippen LogP contribution in [0.15, 0.2) is 18.2 Å². The quantitative estimate of drug-likeness (QED) is 0.651. The van der Waals surface area contributed by atoms with Gasteiger partial charge < -0.3 is 5.11 Å². The number of nitro groups is 1. The topological polar surface area (TPSA) is 115 Å². The number of rotatable bonds is 5. The highest BCUT2D eigenvalue weighted by molar-refractivity contribution is 7.92. The van der Waals surface area contributed by atoms with E-state index in [2.05, 4.69) is 0 Å². The number of halogens is 1. The van der Waals surface area contributed by atoms with Crippen molar-refractivity contribution in [3.05, 3.63) is 39.7 Å². The molecule has 1 rings (SSSR count). The lowest BCUT2D eigenvalue weighted by Gasteiger charge is -2.19. The maximum Gasteiger partial charge on any atom is 0.324 e. The van der Waals surface area contributed by atoms with Gasteiger partial charge in [0, 0.05) is 11.6 Å². The van der Waals surface area contributed by atoms with Crippen molar-refractivity contribution in [2.45, 2.75) is 24.3 Å². The molecule has 20 heavy (non-hydrogen) atoms. The van der Waals surface area contributed by atoms with Gasteiger partial charge in [-0.1, -0.05) is 0 Å². The second-order valence-corrected chi connectivity index (χ2v) is 7.14. The van der Waals surface area contributed by atoms with Gasteiger partial charge in [-0.15, -0.1) is 0 Å². The molecule has 0 radical (unpaired) electrons. The van der Waals surface area contributed by atoms with Crippen LogP contribution in [0.3, 0.4) is 0 Å². The van der Waals surface area contributed by atoms with Gasteiger partial charge in [0.15, 0.2) is 14.6 Å². The first-order valence-electron chi connectivity index (χ1n) is 5.37. The molecule has 1 aromatic rings. The lowest BCUT2D eigenvalue weighted by Crippen LogP contribution is -2.41. The molecule has 0 unspecified atom stereocenters. The fourth-order valence-corrected chi connectivity index (χ4v) is 2.63. The van der Waals surface area contributed by atoms with Gasteiger partial charge in [-0.05, 0) is 26.0 Å². The Morgan fingerprint density at radius 2 is 2.00 bits per heavy atom. The van der Waals surface area contributed by atoms with E-state index in [1.54, 1.807) is 0 Å². The van der Waals surface area contributed by atoms with E-state index in [9.17, 15) is 27.7 Å². The third-order valence-electron chi connectivity index (χ3n) is 2.88.